The fourth-order valence-corrected chi connectivity index (χ4v) is 6.39. The van der Waals surface area contributed by atoms with E-state index in [1.807, 2.05) is 7.05 Å². The molecule has 0 bridgehead atoms. The van der Waals surface area contributed by atoms with Gasteiger partial charge in [-0.15, -0.1) is 0 Å². The lowest BCUT2D eigenvalue weighted by Crippen LogP contribution is -2.54. The first kappa shape index (κ1) is 29.7. The molecule has 3 amide bonds. The Morgan fingerprint density at radius 1 is 1.22 bits per heavy atom. The number of hydrogen-bond donors (Lipinski definition) is 4. The second-order valence-electron chi connectivity index (χ2n) is 10.8. The van der Waals surface area contributed by atoms with Crippen molar-refractivity contribution in [2.75, 3.05) is 33.2 Å². The smallest absolute Gasteiger partial charge is 0.317 e. The minimum atomic E-state index is -1.43. The van der Waals surface area contributed by atoms with Crippen molar-refractivity contribution in [3.8, 4) is 0 Å². The van der Waals surface area contributed by atoms with E-state index in [9.17, 15) is 19.1 Å². The third-order valence-corrected chi connectivity index (χ3v) is 8.42. The first-order chi connectivity index (χ1) is 17.7. The quantitative estimate of drug-likeness (QED) is 0.311. The molecule has 2 fully saturated rings. The monoisotopic (exact) mass is 538 g/mol. The van der Waals surface area contributed by atoms with Crippen LogP contribution >= 0.6 is 11.6 Å². The predicted molar refractivity (Wildman–Crippen MR) is 145 cm³/mol. The molecular formula is C28H44ClFN4O3. The summed E-state index contributed by atoms with van der Waals surface area (Å²) in [6.07, 6.45) is 9.46. The highest BCUT2D eigenvalue weighted by molar-refractivity contribution is 6.31. The highest BCUT2D eigenvalue weighted by atomic mass is 35.5. The molecule has 9 heteroatoms. The number of nitrogens with zero attached hydrogens (tertiary/aromatic N) is 1. The van der Waals surface area contributed by atoms with Crippen molar-refractivity contribution in [3.05, 3.63) is 34.6 Å². The van der Waals surface area contributed by atoms with Crippen LogP contribution in [0.2, 0.25) is 5.02 Å². The number of likely N-dealkylation sites (N-methyl/N-ethyl adjacent to an activating group) is 1. The molecule has 1 aromatic rings. The van der Waals surface area contributed by atoms with Crippen LogP contribution in [0.4, 0.5) is 9.18 Å². The molecular weight excluding hydrogens is 495 g/mol. The molecule has 1 aliphatic carbocycles. The van der Waals surface area contributed by atoms with Gasteiger partial charge in [-0.3, -0.25) is 4.79 Å². The lowest BCUT2D eigenvalue weighted by Gasteiger charge is -2.43. The molecule has 1 saturated carbocycles. The number of aliphatic hydroxyl groups is 1. The van der Waals surface area contributed by atoms with Crippen molar-refractivity contribution >= 4 is 23.5 Å². The summed E-state index contributed by atoms with van der Waals surface area (Å²) in [6, 6.07) is 4.42. The average molecular weight is 539 g/mol. The summed E-state index contributed by atoms with van der Waals surface area (Å²) in [5.41, 5.74) is -1.09. The number of piperidine rings is 1. The van der Waals surface area contributed by atoms with Gasteiger partial charge in [-0.25, -0.2) is 9.18 Å². The van der Waals surface area contributed by atoms with Crippen LogP contribution in [-0.4, -0.2) is 61.2 Å². The molecule has 1 saturated heterocycles. The lowest BCUT2D eigenvalue weighted by molar-refractivity contribution is -0.119. The van der Waals surface area contributed by atoms with Crippen LogP contribution in [0.25, 0.3) is 0 Å². The Morgan fingerprint density at radius 3 is 2.68 bits per heavy atom. The number of nitrogens with one attached hydrogen (secondary N) is 3. The van der Waals surface area contributed by atoms with Gasteiger partial charge < -0.3 is 26.0 Å². The van der Waals surface area contributed by atoms with E-state index >= 15 is 0 Å². The van der Waals surface area contributed by atoms with Crippen LogP contribution < -0.4 is 16.0 Å². The van der Waals surface area contributed by atoms with Gasteiger partial charge in [-0.1, -0.05) is 55.8 Å². The molecule has 7 nitrogen and oxygen atoms in total. The molecule has 0 aromatic heterocycles. The van der Waals surface area contributed by atoms with Gasteiger partial charge in [0.05, 0.1) is 10.6 Å². The fraction of sp³-hybridized carbons (Fsp3) is 0.714. The van der Waals surface area contributed by atoms with Gasteiger partial charge >= 0.3 is 6.03 Å². The number of hydrogen-bond acceptors (Lipinski definition) is 4. The number of amides is 3. The van der Waals surface area contributed by atoms with Crippen LogP contribution in [0.3, 0.4) is 0 Å². The van der Waals surface area contributed by atoms with E-state index in [0.29, 0.717) is 56.9 Å². The Bertz CT molecular complexity index is 898. The predicted octanol–water partition coefficient (Wildman–Crippen LogP) is 4.56. The number of carbonyl (C=O) groups is 2. The molecule has 208 valence electrons. The van der Waals surface area contributed by atoms with Gasteiger partial charge in [0.1, 0.15) is 5.82 Å². The highest BCUT2D eigenvalue weighted by Crippen LogP contribution is 2.42. The molecule has 1 aliphatic heterocycles. The summed E-state index contributed by atoms with van der Waals surface area (Å²) in [5, 5.41) is 21.1. The largest absolute Gasteiger partial charge is 0.385 e. The highest BCUT2D eigenvalue weighted by Gasteiger charge is 2.43. The molecule has 4 N–H and O–H groups in total. The first-order valence-corrected chi connectivity index (χ1v) is 14.2. The van der Waals surface area contributed by atoms with Crippen molar-refractivity contribution in [1.82, 2.24) is 20.9 Å². The van der Waals surface area contributed by atoms with E-state index in [-0.39, 0.29) is 28.9 Å². The van der Waals surface area contributed by atoms with E-state index < -0.39 is 11.4 Å². The zero-order valence-electron chi connectivity index (χ0n) is 22.3. The average Bonchev–Trinajstić information content (AvgIpc) is 2.89. The van der Waals surface area contributed by atoms with Gasteiger partial charge in [-0.05, 0) is 51.1 Å². The van der Waals surface area contributed by atoms with E-state index in [1.165, 1.54) is 45.1 Å². The third kappa shape index (κ3) is 8.29. The van der Waals surface area contributed by atoms with Crippen LogP contribution in [0.1, 0.15) is 76.7 Å². The molecule has 37 heavy (non-hydrogen) atoms. The standard InChI is InChI=1S/C28H44ClFN4O3/c1-20(35)32-15-8-14-28(37,24-12-6-13-25(30)26(24)29)22-11-7-16-34(19-22)27(36)33-23(18-31-2)17-21-9-4-3-5-10-21/h6,12-13,21-23,31,37H,3-5,7-11,14-19H2,1-2H3,(H,32,35)(H,33,36)/t22-,23+,28+/m1/s1. The summed E-state index contributed by atoms with van der Waals surface area (Å²) >= 11 is 6.35. The van der Waals surface area contributed by atoms with E-state index in [0.717, 1.165) is 12.8 Å². The molecule has 3 atom stereocenters. The number of likely N-dealkylation sites (tertiary alicyclic amines) is 1. The van der Waals surface area contributed by atoms with Gasteiger partial charge in [0.15, 0.2) is 0 Å². The van der Waals surface area contributed by atoms with Crippen LogP contribution in [0, 0.1) is 17.7 Å². The Hall–Kier alpha value is -1.90. The summed E-state index contributed by atoms with van der Waals surface area (Å²) in [7, 11) is 1.90. The number of carbonyl (C=O) groups excluding carboxylic acids is 2. The summed E-state index contributed by atoms with van der Waals surface area (Å²) in [4.78, 5) is 26.5. The second-order valence-corrected chi connectivity index (χ2v) is 11.2. The Kier molecular flexibility index (Phi) is 11.5. The van der Waals surface area contributed by atoms with Gasteiger partial charge in [0.2, 0.25) is 5.91 Å². The maximum Gasteiger partial charge on any atom is 0.317 e. The molecule has 1 heterocycles. The number of halogens is 2. The van der Waals surface area contributed by atoms with Crippen molar-refractivity contribution in [1.29, 1.82) is 0 Å². The van der Waals surface area contributed by atoms with Crippen LogP contribution in [-0.2, 0) is 10.4 Å². The fourth-order valence-electron chi connectivity index (χ4n) is 6.10. The van der Waals surface area contributed by atoms with Crippen molar-refractivity contribution in [2.24, 2.45) is 11.8 Å². The van der Waals surface area contributed by atoms with Crippen molar-refractivity contribution in [3.63, 3.8) is 0 Å². The Morgan fingerprint density at radius 2 is 1.97 bits per heavy atom. The molecule has 0 unspecified atom stereocenters. The zero-order valence-corrected chi connectivity index (χ0v) is 23.1. The Balaban J connectivity index is 1.72. The minimum absolute atomic E-state index is 0.0511. The summed E-state index contributed by atoms with van der Waals surface area (Å²) in [6.45, 7) is 3.52. The number of benzene rings is 1. The lowest BCUT2D eigenvalue weighted by atomic mass is 9.74. The topological polar surface area (TPSA) is 93.7 Å². The number of urea groups is 1. The second kappa shape index (κ2) is 14.3. The van der Waals surface area contributed by atoms with Crippen molar-refractivity contribution in [2.45, 2.75) is 82.8 Å². The summed E-state index contributed by atoms with van der Waals surface area (Å²) in [5.74, 6) is -0.394. The first-order valence-electron chi connectivity index (χ1n) is 13.9. The molecule has 0 spiro atoms. The zero-order chi connectivity index (χ0) is 26.8. The minimum Gasteiger partial charge on any atom is -0.385 e. The van der Waals surface area contributed by atoms with Crippen LogP contribution in [0.5, 0.6) is 0 Å². The van der Waals surface area contributed by atoms with Gasteiger partial charge in [0.25, 0.3) is 0 Å². The van der Waals surface area contributed by atoms with Gasteiger partial charge in [-0.2, -0.15) is 0 Å². The Labute approximate surface area is 225 Å². The van der Waals surface area contributed by atoms with E-state index in [2.05, 4.69) is 16.0 Å². The maximum absolute atomic E-state index is 14.4. The number of rotatable bonds is 11. The van der Waals surface area contributed by atoms with E-state index in [1.54, 1.807) is 17.0 Å². The maximum atomic E-state index is 14.4. The SMILES string of the molecule is CNC[C@H](CC1CCCCC1)NC(=O)N1CCC[C@@H]([C@@](O)(CCCNC(C)=O)c2cccc(F)c2Cl)C1. The molecule has 2 aliphatic rings. The third-order valence-electron chi connectivity index (χ3n) is 8.03. The van der Waals surface area contributed by atoms with Crippen molar-refractivity contribution < 1.29 is 19.1 Å². The van der Waals surface area contributed by atoms with Crippen LogP contribution in [0.15, 0.2) is 18.2 Å². The molecule has 1 aromatic carbocycles. The summed E-state index contributed by atoms with van der Waals surface area (Å²) < 4.78 is 14.4. The van der Waals surface area contributed by atoms with Gasteiger partial charge in [0, 0.05) is 50.6 Å². The molecule has 0 radical (unpaired) electrons. The normalized spacial score (nSPS) is 21.2. The molecule has 3 rings (SSSR count). The van der Waals surface area contributed by atoms with E-state index in [4.69, 9.17) is 11.6 Å².